The van der Waals surface area contributed by atoms with E-state index in [0.717, 1.165) is 26.1 Å². The minimum absolute atomic E-state index is 0.105. The third-order valence-corrected chi connectivity index (χ3v) is 6.63. The number of anilines is 2. The zero-order valence-corrected chi connectivity index (χ0v) is 16.4. The highest BCUT2D eigenvalue weighted by molar-refractivity contribution is 8.00. The minimum atomic E-state index is 0.105. The van der Waals surface area contributed by atoms with Gasteiger partial charge in [-0.05, 0) is 61.4 Å². The number of carbonyl (C=O) groups excluding carboxylic acids is 1. The fourth-order valence-electron chi connectivity index (χ4n) is 2.99. The van der Waals surface area contributed by atoms with Crippen LogP contribution in [0, 0.1) is 13.8 Å². The second-order valence-corrected chi connectivity index (χ2v) is 8.43. The number of aryl methyl sites for hydroxylation is 2. The molecule has 0 N–H and O–H groups in total. The number of thioether (sulfide) groups is 1. The van der Waals surface area contributed by atoms with Crippen LogP contribution in [0.25, 0.3) is 0 Å². The highest BCUT2D eigenvalue weighted by atomic mass is 32.2. The average Bonchev–Trinajstić information content (AvgIpc) is 2.66. The van der Waals surface area contributed by atoms with Gasteiger partial charge in [-0.15, -0.1) is 11.8 Å². The molecule has 0 atom stereocenters. The molecule has 0 bridgehead atoms. The van der Waals surface area contributed by atoms with Gasteiger partial charge in [0, 0.05) is 14.7 Å². The fraction of sp³-hybridized carbons (Fsp3) is 0.136. The highest BCUT2D eigenvalue weighted by Gasteiger charge is 2.27. The molecule has 0 radical (unpaired) electrons. The molecule has 4 heteroatoms. The van der Waals surface area contributed by atoms with Gasteiger partial charge in [0.2, 0.25) is 5.91 Å². The maximum atomic E-state index is 13.1. The highest BCUT2D eigenvalue weighted by Crippen LogP contribution is 2.48. The molecule has 2 nitrogen and oxygen atoms in total. The third-order valence-electron chi connectivity index (χ3n) is 4.52. The zero-order valence-electron chi connectivity index (χ0n) is 14.7. The molecule has 130 valence electrons. The van der Waals surface area contributed by atoms with E-state index in [-0.39, 0.29) is 5.91 Å². The summed E-state index contributed by atoms with van der Waals surface area (Å²) in [4.78, 5) is 18.4. The maximum Gasteiger partial charge on any atom is 0.241 e. The number of rotatable bonds is 3. The Kier molecular flexibility index (Phi) is 4.79. The number of benzene rings is 3. The Morgan fingerprint density at radius 2 is 1.50 bits per heavy atom. The van der Waals surface area contributed by atoms with Crippen molar-refractivity contribution < 1.29 is 4.79 Å². The van der Waals surface area contributed by atoms with Crippen LogP contribution in [0.5, 0.6) is 0 Å². The zero-order chi connectivity index (χ0) is 18.1. The topological polar surface area (TPSA) is 20.3 Å². The molecule has 1 heterocycles. The monoisotopic (exact) mass is 377 g/mol. The minimum Gasteiger partial charge on any atom is -0.278 e. The van der Waals surface area contributed by atoms with E-state index in [1.54, 1.807) is 23.5 Å². The van der Waals surface area contributed by atoms with Crippen molar-refractivity contribution in [1.29, 1.82) is 0 Å². The van der Waals surface area contributed by atoms with Gasteiger partial charge in [0.15, 0.2) is 0 Å². The van der Waals surface area contributed by atoms with Gasteiger partial charge in [0.25, 0.3) is 0 Å². The van der Waals surface area contributed by atoms with Crippen LogP contribution >= 0.6 is 23.5 Å². The van der Waals surface area contributed by atoms with E-state index in [4.69, 9.17) is 0 Å². The van der Waals surface area contributed by atoms with Crippen LogP contribution < -0.4 is 4.90 Å². The Labute approximate surface area is 162 Å². The van der Waals surface area contributed by atoms with Crippen molar-refractivity contribution in [2.45, 2.75) is 28.5 Å². The Morgan fingerprint density at radius 1 is 0.885 bits per heavy atom. The van der Waals surface area contributed by atoms with Crippen LogP contribution in [0.1, 0.15) is 11.1 Å². The molecule has 1 aliphatic heterocycles. The summed E-state index contributed by atoms with van der Waals surface area (Å²) in [5.41, 5.74) is 4.48. The number of hydrogen-bond acceptors (Lipinski definition) is 3. The first-order chi connectivity index (χ1) is 12.6. The van der Waals surface area contributed by atoms with Crippen molar-refractivity contribution >= 4 is 40.8 Å². The first kappa shape index (κ1) is 17.3. The molecule has 0 unspecified atom stereocenters. The molecule has 0 aromatic heterocycles. The van der Waals surface area contributed by atoms with E-state index < -0.39 is 0 Å². The normalized spacial score (nSPS) is 12.5. The lowest BCUT2D eigenvalue weighted by atomic mass is 10.1. The summed E-state index contributed by atoms with van der Waals surface area (Å²) in [5.74, 6) is 0.518. The maximum absolute atomic E-state index is 13.1. The van der Waals surface area contributed by atoms with Gasteiger partial charge >= 0.3 is 0 Å². The third kappa shape index (κ3) is 3.27. The van der Waals surface area contributed by atoms with Gasteiger partial charge in [0.05, 0.1) is 17.1 Å². The molecule has 0 fully saturated rings. The summed E-state index contributed by atoms with van der Waals surface area (Å²) >= 11 is 3.32. The second-order valence-electron chi connectivity index (χ2n) is 6.30. The van der Waals surface area contributed by atoms with Crippen molar-refractivity contribution in [1.82, 2.24) is 0 Å². The van der Waals surface area contributed by atoms with Crippen molar-refractivity contribution in [3.63, 3.8) is 0 Å². The van der Waals surface area contributed by atoms with Gasteiger partial charge in [-0.3, -0.25) is 9.69 Å². The van der Waals surface area contributed by atoms with E-state index in [2.05, 4.69) is 44.2 Å². The molecule has 1 aliphatic rings. The summed E-state index contributed by atoms with van der Waals surface area (Å²) in [7, 11) is 0. The van der Waals surface area contributed by atoms with Crippen molar-refractivity contribution in [2.24, 2.45) is 0 Å². The van der Waals surface area contributed by atoms with Crippen molar-refractivity contribution in [3.05, 3.63) is 77.9 Å². The predicted octanol–water partition coefficient (Wildman–Crippen LogP) is 6.23. The molecule has 3 aromatic carbocycles. The van der Waals surface area contributed by atoms with Crippen LogP contribution in [0.4, 0.5) is 11.4 Å². The molecule has 0 saturated carbocycles. The molecule has 3 aromatic rings. The quantitative estimate of drug-likeness (QED) is 0.505. The summed E-state index contributed by atoms with van der Waals surface area (Å²) in [6.07, 6.45) is 0. The lowest BCUT2D eigenvalue weighted by Gasteiger charge is -2.31. The van der Waals surface area contributed by atoms with Crippen molar-refractivity contribution in [2.75, 3.05) is 10.7 Å². The van der Waals surface area contributed by atoms with Crippen molar-refractivity contribution in [3.8, 4) is 0 Å². The molecule has 0 aliphatic carbocycles. The van der Waals surface area contributed by atoms with Gasteiger partial charge < -0.3 is 0 Å². The van der Waals surface area contributed by atoms with Crippen LogP contribution in [0.3, 0.4) is 0 Å². The van der Waals surface area contributed by atoms with Gasteiger partial charge in [-0.2, -0.15) is 0 Å². The van der Waals surface area contributed by atoms with E-state index >= 15 is 0 Å². The first-order valence-corrected chi connectivity index (χ1v) is 10.3. The van der Waals surface area contributed by atoms with Crippen LogP contribution in [0.15, 0.2) is 81.4 Å². The van der Waals surface area contributed by atoms with Gasteiger partial charge in [-0.25, -0.2) is 0 Å². The molecule has 0 saturated heterocycles. The molecule has 26 heavy (non-hydrogen) atoms. The lowest BCUT2D eigenvalue weighted by Crippen LogP contribution is -2.29. The van der Waals surface area contributed by atoms with Crippen LogP contribution in [-0.4, -0.2) is 11.7 Å². The van der Waals surface area contributed by atoms with E-state index in [1.165, 1.54) is 11.1 Å². The summed E-state index contributed by atoms with van der Waals surface area (Å²) in [6, 6.07) is 22.6. The standard InChI is InChI=1S/C22H19NOS2/c1-15-11-12-17(13-16(15)2)25-14-22(24)23-18-7-3-5-9-20(18)26-21-10-6-4-8-19(21)23/h3-13H,14H2,1-2H3. The lowest BCUT2D eigenvalue weighted by molar-refractivity contribution is -0.115. The Hall–Kier alpha value is -2.17. The smallest absolute Gasteiger partial charge is 0.241 e. The Bertz CT molecular complexity index is 938. The number of carbonyl (C=O) groups is 1. The summed E-state index contributed by atoms with van der Waals surface area (Å²) < 4.78 is 0. The van der Waals surface area contributed by atoms with E-state index in [0.29, 0.717) is 5.75 Å². The largest absolute Gasteiger partial charge is 0.278 e. The number of nitrogens with zero attached hydrogens (tertiary/aromatic N) is 1. The van der Waals surface area contributed by atoms with Crippen LogP contribution in [-0.2, 0) is 4.79 Å². The van der Waals surface area contributed by atoms with Gasteiger partial charge in [0.1, 0.15) is 0 Å². The molecule has 0 spiro atoms. The van der Waals surface area contributed by atoms with Crippen LogP contribution in [0.2, 0.25) is 0 Å². The predicted molar refractivity (Wildman–Crippen MR) is 111 cm³/mol. The fourth-order valence-corrected chi connectivity index (χ4v) is 4.89. The summed E-state index contributed by atoms with van der Waals surface area (Å²) in [5, 5.41) is 0. The molecular formula is C22H19NOS2. The molecule has 1 amide bonds. The SMILES string of the molecule is Cc1ccc(SCC(=O)N2c3ccccc3Sc3ccccc32)cc1C. The van der Waals surface area contributed by atoms with E-state index in [9.17, 15) is 4.79 Å². The number of para-hydroxylation sites is 2. The Morgan fingerprint density at radius 3 is 2.12 bits per heavy atom. The number of fused-ring (bicyclic) bond motifs is 2. The number of amides is 1. The first-order valence-electron chi connectivity index (χ1n) is 8.52. The summed E-state index contributed by atoms with van der Waals surface area (Å²) in [6.45, 7) is 4.21. The van der Waals surface area contributed by atoms with E-state index in [1.807, 2.05) is 41.3 Å². The molecular weight excluding hydrogens is 358 g/mol. The molecule has 4 rings (SSSR count). The van der Waals surface area contributed by atoms with Gasteiger partial charge in [-0.1, -0.05) is 42.1 Å². The Balaban J connectivity index is 1.62. The second kappa shape index (κ2) is 7.22. The average molecular weight is 378 g/mol. The number of hydrogen-bond donors (Lipinski definition) is 0.